The first-order valence-corrected chi connectivity index (χ1v) is 10.0. The van der Waals surface area contributed by atoms with E-state index in [9.17, 15) is 9.59 Å². The number of anilines is 2. The first-order valence-electron chi connectivity index (χ1n) is 9.64. The molecule has 1 aliphatic rings. The average Bonchev–Trinajstić information content (AvgIpc) is 2.92. The van der Waals surface area contributed by atoms with Crippen LogP contribution in [0.15, 0.2) is 72.4 Å². The average molecular weight is 417 g/mol. The van der Waals surface area contributed by atoms with Gasteiger partial charge in [-0.25, -0.2) is 4.90 Å². The van der Waals surface area contributed by atoms with E-state index in [1.54, 1.807) is 24.3 Å². The second kappa shape index (κ2) is 7.81. The van der Waals surface area contributed by atoms with Gasteiger partial charge in [0.25, 0.3) is 11.8 Å². The number of nitrogens with zero attached hydrogens (tertiary/aromatic N) is 1. The molecule has 0 fully saturated rings. The lowest BCUT2D eigenvalue weighted by atomic mass is 10.0. The van der Waals surface area contributed by atoms with Crippen molar-refractivity contribution in [3.05, 3.63) is 99.7 Å². The lowest BCUT2D eigenvalue weighted by Gasteiger charge is -2.17. The summed E-state index contributed by atoms with van der Waals surface area (Å²) >= 11 is 6.03. The summed E-state index contributed by atoms with van der Waals surface area (Å²) in [4.78, 5) is 28.1. The molecule has 3 aromatic carbocycles. The summed E-state index contributed by atoms with van der Waals surface area (Å²) in [6.45, 7) is 5.87. The Morgan fingerprint density at radius 3 is 2.07 bits per heavy atom. The third kappa shape index (κ3) is 3.74. The molecule has 1 N–H and O–H groups in total. The molecule has 0 radical (unpaired) electrons. The van der Waals surface area contributed by atoms with E-state index in [0.29, 0.717) is 21.8 Å². The third-order valence-corrected chi connectivity index (χ3v) is 5.22. The van der Waals surface area contributed by atoms with Gasteiger partial charge in [-0.1, -0.05) is 41.9 Å². The van der Waals surface area contributed by atoms with Crippen molar-refractivity contribution in [2.24, 2.45) is 0 Å². The van der Waals surface area contributed by atoms with E-state index in [4.69, 9.17) is 11.6 Å². The second-order valence-electron chi connectivity index (χ2n) is 7.54. The molecule has 0 unspecified atom stereocenters. The fourth-order valence-corrected chi connectivity index (χ4v) is 3.84. The minimum atomic E-state index is -0.378. The van der Waals surface area contributed by atoms with Crippen LogP contribution in [0.5, 0.6) is 0 Å². The number of benzene rings is 3. The van der Waals surface area contributed by atoms with Crippen molar-refractivity contribution in [3.63, 3.8) is 0 Å². The molecule has 0 saturated carbocycles. The highest BCUT2D eigenvalue weighted by molar-refractivity contribution is 6.46. The van der Waals surface area contributed by atoms with Gasteiger partial charge >= 0.3 is 0 Å². The standard InChI is InChI=1S/C25H21ClN2O2/c1-15-5-4-6-20(12-15)27-23-22(18-7-9-19(26)10-8-18)24(29)28(25(23)30)21-13-16(2)11-17(3)14-21/h4-14,27H,1-3H3. The number of imide groups is 1. The van der Waals surface area contributed by atoms with Crippen LogP contribution in [0.25, 0.3) is 5.57 Å². The molecule has 2 amide bonds. The number of halogens is 1. The van der Waals surface area contributed by atoms with Crippen molar-refractivity contribution < 1.29 is 9.59 Å². The molecule has 4 nitrogen and oxygen atoms in total. The second-order valence-corrected chi connectivity index (χ2v) is 7.98. The number of rotatable bonds is 4. The summed E-state index contributed by atoms with van der Waals surface area (Å²) < 4.78 is 0. The van der Waals surface area contributed by atoms with Gasteiger partial charge in [0, 0.05) is 10.7 Å². The number of carbonyl (C=O) groups is 2. The van der Waals surface area contributed by atoms with E-state index >= 15 is 0 Å². The first kappa shape index (κ1) is 19.9. The van der Waals surface area contributed by atoms with Crippen LogP contribution in [0.1, 0.15) is 22.3 Å². The van der Waals surface area contributed by atoms with Crippen molar-refractivity contribution >= 4 is 40.4 Å². The highest BCUT2D eigenvalue weighted by atomic mass is 35.5. The number of carbonyl (C=O) groups excluding carboxylic acids is 2. The summed E-state index contributed by atoms with van der Waals surface area (Å²) in [7, 11) is 0. The van der Waals surface area contributed by atoms with Gasteiger partial charge < -0.3 is 5.32 Å². The summed E-state index contributed by atoms with van der Waals surface area (Å²) in [5.41, 5.74) is 5.56. The lowest BCUT2D eigenvalue weighted by molar-refractivity contribution is -0.120. The van der Waals surface area contributed by atoms with Crippen molar-refractivity contribution in [1.29, 1.82) is 0 Å². The highest BCUT2D eigenvalue weighted by Gasteiger charge is 2.40. The molecule has 0 saturated heterocycles. The van der Waals surface area contributed by atoms with Crippen LogP contribution in [0.2, 0.25) is 5.02 Å². The van der Waals surface area contributed by atoms with E-state index in [-0.39, 0.29) is 17.5 Å². The van der Waals surface area contributed by atoms with E-state index < -0.39 is 0 Å². The number of nitrogens with one attached hydrogen (secondary N) is 1. The van der Waals surface area contributed by atoms with Gasteiger partial charge in [0.15, 0.2) is 0 Å². The largest absolute Gasteiger partial charge is 0.350 e. The Morgan fingerprint density at radius 2 is 1.43 bits per heavy atom. The van der Waals surface area contributed by atoms with Gasteiger partial charge in [0.1, 0.15) is 5.70 Å². The Kier molecular flexibility index (Phi) is 5.18. The van der Waals surface area contributed by atoms with Crippen molar-refractivity contribution in [3.8, 4) is 0 Å². The van der Waals surface area contributed by atoms with Gasteiger partial charge in [-0.15, -0.1) is 0 Å². The molecular weight excluding hydrogens is 396 g/mol. The summed E-state index contributed by atoms with van der Waals surface area (Å²) in [5.74, 6) is -0.737. The molecule has 4 rings (SSSR count). The van der Waals surface area contributed by atoms with Gasteiger partial charge in [0.2, 0.25) is 0 Å². The smallest absolute Gasteiger partial charge is 0.282 e. The van der Waals surface area contributed by atoms with E-state index in [1.165, 1.54) is 4.90 Å². The Morgan fingerprint density at radius 1 is 0.767 bits per heavy atom. The van der Waals surface area contributed by atoms with Crippen LogP contribution in [0.4, 0.5) is 11.4 Å². The molecule has 5 heteroatoms. The fraction of sp³-hybridized carbons (Fsp3) is 0.120. The Bertz CT molecular complexity index is 1180. The van der Waals surface area contributed by atoms with E-state index in [2.05, 4.69) is 5.32 Å². The van der Waals surface area contributed by atoms with E-state index in [1.807, 2.05) is 63.2 Å². The Hall–Kier alpha value is -3.37. The summed E-state index contributed by atoms with van der Waals surface area (Å²) in [5, 5.41) is 3.75. The van der Waals surface area contributed by atoms with Crippen molar-refractivity contribution in [1.82, 2.24) is 0 Å². The van der Waals surface area contributed by atoms with Crippen molar-refractivity contribution in [2.45, 2.75) is 20.8 Å². The Balaban J connectivity index is 1.84. The highest BCUT2D eigenvalue weighted by Crippen LogP contribution is 2.35. The monoisotopic (exact) mass is 416 g/mol. The van der Waals surface area contributed by atoms with Gasteiger partial charge in [-0.2, -0.15) is 0 Å². The van der Waals surface area contributed by atoms with Crippen LogP contribution >= 0.6 is 11.6 Å². The van der Waals surface area contributed by atoms with Crippen LogP contribution in [0.3, 0.4) is 0 Å². The minimum absolute atomic E-state index is 0.257. The molecule has 1 aliphatic heterocycles. The first-order chi connectivity index (χ1) is 14.3. The zero-order chi connectivity index (χ0) is 21.4. The molecule has 0 bridgehead atoms. The summed E-state index contributed by atoms with van der Waals surface area (Å²) in [6.07, 6.45) is 0. The topological polar surface area (TPSA) is 49.4 Å². The third-order valence-electron chi connectivity index (χ3n) is 4.97. The zero-order valence-corrected chi connectivity index (χ0v) is 17.7. The predicted molar refractivity (Wildman–Crippen MR) is 122 cm³/mol. The molecule has 30 heavy (non-hydrogen) atoms. The maximum Gasteiger partial charge on any atom is 0.282 e. The lowest BCUT2D eigenvalue weighted by Crippen LogP contribution is -2.32. The normalized spacial score (nSPS) is 13.9. The SMILES string of the molecule is Cc1cccc(NC2=C(c3ccc(Cl)cc3)C(=O)N(c3cc(C)cc(C)c3)C2=O)c1. The fourth-order valence-electron chi connectivity index (χ4n) is 3.71. The maximum absolute atomic E-state index is 13.5. The molecule has 150 valence electrons. The number of amides is 2. The van der Waals surface area contributed by atoms with Crippen molar-refractivity contribution in [2.75, 3.05) is 10.2 Å². The van der Waals surface area contributed by atoms with Gasteiger partial charge in [0.05, 0.1) is 11.3 Å². The predicted octanol–water partition coefficient (Wildman–Crippen LogP) is 5.66. The van der Waals surface area contributed by atoms with Crippen LogP contribution < -0.4 is 10.2 Å². The Labute approximate surface area is 180 Å². The summed E-state index contributed by atoms with van der Waals surface area (Å²) in [6, 6.07) is 20.3. The zero-order valence-electron chi connectivity index (χ0n) is 17.0. The van der Waals surface area contributed by atoms with Crippen LogP contribution in [0, 0.1) is 20.8 Å². The molecule has 0 spiro atoms. The molecule has 0 aromatic heterocycles. The molecule has 1 heterocycles. The number of aryl methyl sites for hydroxylation is 3. The molecule has 3 aromatic rings. The van der Waals surface area contributed by atoms with Crippen LogP contribution in [-0.2, 0) is 9.59 Å². The number of hydrogen-bond donors (Lipinski definition) is 1. The van der Waals surface area contributed by atoms with Gasteiger partial charge in [-0.3, -0.25) is 9.59 Å². The molecule has 0 atom stereocenters. The van der Waals surface area contributed by atoms with E-state index in [0.717, 1.165) is 22.4 Å². The van der Waals surface area contributed by atoms with Gasteiger partial charge in [-0.05, 0) is 79.4 Å². The number of hydrogen-bond acceptors (Lipinski definition) is 3. The minimum Gasteiger partial charge on any atom is -0.350 e. The van der Waals surface area contributed by atoms with Crippen LogP contribution in [-0.4, -0.2) is 11.8 Å². The quantitative estimate of drug-likeness (QED) is 0.558. The maximum atomic E-state index is 13.5. The molecular formula is C25H21ClN2O2. The molecule has 0 aliphatic carbocycles.